The lowest BCUT2D eigenvalue weighted by Crippen LogP contribution is -2.29. The number of hydrogen-bond donors (Lipinski definition) is 1. The summed E-state index contributed by atoms with van der Waals surface area (Å²) in [5.41, 5.74) is 1.83. The molecule has 2 aromatic rings. The van der Waals surface area contributed by atoms with Crippen LogP contribution in [-0.2, 0) is 11.2 Å². The van der Waals surface area contributed by atoms with E-state index in [0.29, 0.717) is 15.8 Å². The lowest BCUT2D eigenvalue weighted by Gasteiger charge is -2.16. The number of carboxylic acid groups (broad SMARTS) is 1. The van der Waals surface area contributed by atoms with Crippen molar-refractivity contribution < 1.29 is 14.6 Å². The molecule has 0 aliphatic rings. The van der Waals surface area contributed by atoms with E-state index in [4.69, 9.17) is 27.9 Å². The van der Waals surface area contributed by atoms with E-state index in [1.165, 1.54) is 0 Å². The second-order valence-corrected chi connectivity index (χ2v) is 5.55. The summed E-state index contributed by atoms with van der Waals surface area (Å²) in [6, 6.07) is 12.0. The average molecular weight is 325 g/mol. The average Bonchev–Trinajstić information content (AvgIpc) is 2.44. The van der Waals surface area contributed by atoms with Gasteiger partial charge in [-0.25, -0.2) is 4.79 Å². The number of halogens is 2. The van der Waals surface area contributed by atoms with Crippen LogP contribution in [0.2, 0.25) is 10.0 Å². The largest absolute Gasteiger partial charge is 0.478 e. The summed E-state index contributed by atoms with van der Waals surface area (Å²) in [6.07, 6.45) is -0.743. The molecule has 0 aliphatic carbocycles. The van der Waals surface area contributed by atoms with E-state index in [1.807, 2.05) is 13.0 Å². The van der Waals surface area contributed by atoms with Crippen LogP contribution in [-0.4, -0.2) is 17.2 Å². The Morgan fingerprint density at radius 2 is 1.76 bits per heavy atom. The molecule has 0 heterocycles. The maximum Gasteiger partial charge on any atom is 0.345 e. The van der Waals surface area contributed by atoms with Gasteiger partial charge >= 0.3 is 5.97 Å². The molecular formula is C16H14Cl2O3. The quantitative estimate of drug-likeness (QED) is 0.887. The van der Waals surface area contributed by atoms with Crippen LogP contribution in [0.15, 0.2) is 42.5 Å². The summed E-state index contributed by atoms with van der Waals surface area (Å²) in [5, 5.41) is 10.5. The Morgan fingerprint density at radius 3 is 2.38 bits per heavy atom. The van der Waals surface area contributed by atoms with Gasteiger partial charge < -0.3 is 9.84 Å². The van der Waals surface area contributed by atoms with Gasteiger partial charge in [-0.3, -0.25) is 0 Å². The molecule has 0 bridgehead atoms. The predicted octanol–water partition coefficient (Wildman–Crippen LogP) is 4.38. The van der Waals surface area contributed by atoms with Gasteiger partial charge in [0.15, 0.2) is 6.10 Å². The number of benzene rings is 2. The normalized spacial score (nSPS) is 12.0. The van der Waals surface area contributed by atoms with Gasteiger partial charge in [0, 0.05) is 16.5 Å². The van der Waals surface area contributed by atoms with Crippen molar-refractivity contribution in [2.75, 3.05) is 0 Å². The molecule has 0 fully saturated rings. The van der Waals surface area contributed by atoms with E-state index >= 15 is 0 Å². The number of aliphatic carboxylic acids is 1. The highest BCUT2D eigenvalue weighted by Gasteiger charge is 2.21. The van der Waals surface area contributed by atoms with Gasteiger partial charge in [-0.15, -0.1) is 0 Å². The van der Waals surface area contributed by atoms with E-state index in [1.54, 1.807) is 36.4 Å². The minimum Gasteiger partial charge on any atom is -0.478 e. The fourth-order valence-electron chi connectivity index (χ4n) is 1.92. The molecule has 0 spiro atoms. The fourth-order valence-corrected chi connectivity index (χ4v) is 2.24. The molecule has 110 valence electrons. The SMILES string of the molecule is Cc1ccc(Cl)cc1CC(Oc1ccc(Cl)cc1)C(=O)O. The topological polar surface area (TPSA) is 46.5 Å². The summed E-state index contributed by atoms with van der Waals surface area (Å²) in [6.45, 7) is 1.91. The number of aryl methyl sites for hydroxylation is 1. The summed E-state index contributed by atoms with van der Waals surface area (Å²) in [4.78, 5) is 11.4. The van der Waals surface area contributed by atoms with E-state index < -0.39 is 12.1 Å². The lowest BCUT2D eigenvalue weighted by atomic mass is 10.0. The van der Waals surface area contributed by atoms with Crippen LogP contribution in [0.1, 0.15) is 11.1 Å². The zero-order valence-electron chi connectivity index (χ0n) is 11.3. The van der Waals surface area contributed by atoms with E-state index in [0.717, 1.165) is 11.1 Å². The molecule has 3 nitrogen and oxygen atoms in total. The molecule has 5 heteroatoms. The molecule has 0 radical (unpaired) electrons. The monoisotopic (exact) mass is 324 g/mol. The third-order valence-corrected chi connectivity index (χ3v) is 3.57. The Kier molecular flexibility index (Phi) is 5.10. The van der Waals surface area contributed by atoms with Crippen molar-refractivity contribution in [1.82, 2.24) is 0 Å². The van der Waals surface area contributed by atoms with Gasteiger partial charge in [0.2, 0.25) is 0 Å². The Labute approximate surface area is 133 Å². The highest BCUT2D eigenvalue weighted by molar-refractivity contribution is 6.30. The maximum atomic E-state index is 11.4. The molecule has 0 saturated heterocycles. The fraction of sp³-hybridized carbons (Fsp3) is 0.188. The first-order valence-corrected chi connectivity index (χ1v) is 7.11. The second-order valence-electron chi connectivity index (χ2n) is 4.67. The molecule has 21 heavy (non-hydrogen) atoms. The predicted molar refractivity (Wildman–Crippen MR) is 83.4 cm³/mol. The minimum atomic E-state index is -1.02. The molecule has 0 aliphatic heterocycles. The third kappa shape index (κ3) is 4.38. The van der Waals surface area contributed by atoms with Crippen molar-refractivity contribution in [1.29, 1.82) is 0 Å². The molecule has 1 N–H and O–H groups in total. The van der Waals surface area contributed by atoms with E-state index in [2.05, 4.69) is 0 Å². The summed E-state index contributed by atoms with van der Waals surface area (Å²) in [5.74, 6) is -0.559. The molecule has 1 unspecified atom stereocenters. The Bertz CT molecular complexity index is 638. The van der Waals surface area contributed by atoms with Gasteiger partial charge in [0.1, 0.15) is 5.75 Å². The smallest absolute Gasteiger partial charge is 0.345 e. The van der Waals surface area contributed by atoms with Crippen molar-refractivity contribution in [3.63, 3.8) is 0 Å². The maximum absolute atomic E-state index is 11.4. The molecule has 0 amide bonds. The first kappa shape index (κ1) is 15.7. The van der Waals surface area contributed by atoms with Gasteiger partial charge in [-0.1, -0.05) is 29.3 Å². The van der Waals surface area contributed by atoms with Crippen LogP contribution in [0.25, 0.3) is 0 Å². The van der Waals surface area contributed by atoms with Crippen molar-refractivity contribution in [3.05, 3.63) is 63.6 Å². The van der Waals surface area contributed by atoms with Crippen LogP contribution in [0.3, 0.4) is 0 Å². The zero-order chi connectivity index (χ0) is 15.4. The number of hydrogen-bond acceptors (Lipinski definition) is 2. The summed E-state index contributed by atoms with van der Waals surface area (Å²) < 4.78 is 5.53. The summed E-state index contributed by atoms with van der Waals surface area (Å²) >= 11 is 11.7. The molecule has 2 aromatic carbocycles. The first-order valence-electron chi connectivity index (χ1n) is 6.36. The van der Waals surface area contributed by atoms with Crippen LogP contribution in [0, 0.1) is 6.92 Å². The second kappa shape index (κ2) is 6.83. The molecule has 1 atom stereocenters. The third-order valence-electron chi connectivity index (χ3n) is 3.08. The van der Waals surface area contributed by atoms with Gasteiger partial charge in [0.25, 0.3) is 0 Å². The van der Waals surface area contributed by atoms with Gasteiger partial charge in [-0.05, 0) is 54.4 Å². The standard InChI is InChI=1S/C16H14Cl2O3/c1-10-2-3-13(18)8-11(10)9-15(16(19)20)21-14-6-4-12(17)5-7-14/h2-8,15H,9H2,1H3,(H,19,20). The van der Waals surface area contributed by atoms with Crippen molar-refractivity contribution >= 4 is 29.2 Å². The van der Waals surface area contributed by atoms with Gasteiger partial charge in [-0.2, -0.15) is 0 Å². The van der Waals surface area contributed by atoms with Crippen LogP contribution in [0.4, 0.5) is 0 Å². The molecule has 0 saturated carbocycles. The molecular weight excluding hydrogens is 311 g/mol. The highest BCUT2D eigenvalue weighted by Crippen LogP contribution is 2.21. The summed E-state index contributed by atoms with van der Waals surface area (Å²) in [7, 11) is 0. The van der Waals surface area contributed by atoms with Crippen LogP contribution in [0.5, 0.6) is 5.75 Å². The Balaban J connectivity index is 2.17. The Morgan fingerprint density at radius 1 is 1.14 bits per heavy atom. The number of carbonyl (C=O) groups is 1. The van der Waals surface area contributed by atoms with Crippen molar-refractivity contribution in [2.45, 2.75) is 19.4 Å². The van der Waals surface area contributed by atoms with Crippen LogP contribution >= 0.6 is 23.2 Å². The van der Waals surface area contributed by atoms with E-state index in [9.17, 15) is 9.90 Å². The van der Waals surface area contributed by atoms with Crippen LogP contribution < -0.4 is 4.74 Å². The van der Waals surface area contributed by atoms with E-state index in [-0.39, 0.29) is 6.42 Å². The van der Waals surface area contributed by atoms with Gasteiger partial charge in [0.05, 0.1) is 0 Å². The minimum absolute atomic E-state index is 0.240. The lowest BCUT2D eigenvalue weighted by molar-refractivity contribution is -0.145. The van der Waals surface area contributed by atoms with Crippen molar-refractivity contribution in [2.24, 2.45) is 0 Å². The first-order chi connectivity index (χ1) is 9.95. The number of rotatable bonds is 5. The number of carboxylic acids is 1. The zero-order valence-corrected chi connectivity index (χ0v) is 12.9. The number of ether oxygens (including phenoxy) is 1. The van der Waals surface area contributed by atoms with Crippen molar-refractivity contribution in [3.8, 4) is 5.75 Å². The molecule has 2 rings (SSSR count). The molecule has 0 aromatic heterocycles. The highest BCUT2D eigenvalue weighted by atomic mass is 35.5. The Hall–Kier alpha value is -1.71.